The highest BCUT2D eigenvalue weighted by Gasteiger charge is 2.30. The van der Waals surface area contributed by atoms with E-state index in [1.165, 1.54) is 0 Å². The van der Waals surface area contributed by atoms with Crippen molar-refractivity contribution in [3.05, 3.63) is 0 Å². The number of aliphatic hydroxyl groups excluding tert-OH is 2. The fourth-order valence-corrected chi connectivity index (χ4v) is 1.81. The van der Waals surface area contributed by atoms with E-state index >= 15 is 0 Å². The maximum absolute atomic E-state index is 9.56. The lowest BCUT2D eigenvalue weighted by Crippen LogP contribution is -2.30. The summed E-state index contributed by atoms with van der Waals surface area (Å²) in [6.45, 7) is 7.51. The Labute approximate surface area is 99.8 Å². The van der Waals surface area contributed by atoms with Crippen LogP contribution in [0.2, 0.25) is 0 Å². The molecule has 0 saturated heterocycles. The summed E-state index contributed by atoms with van der Waals surface area (Å²) in [4.78, 5) is 0. The van der Waals surface area contributed by atoms with Crippen LogP contribution in [0.15, 0.2) is 0 Å². The van der Waals surface area contributed by atoms with Gasteiger partial charge in [0.25, 0.3) is 0 Å². The first-order chi connectivity index (χ1) is 7.39. The lowest BCUT2D eigenvalue weighted by molar-refractivity contribution is 0.0375. The Hall–Kier alpha value is -0.120. The molecule has 0 aliphatic rings. The maximum Gasteiger partial charge on any atom is 0.0489 e. The molecule has 1 atom stereocenters. The van der Waals surface area contributed by atoms with Gasteiger partial charge < -0.3 is 14.9 Å². The molecule has 0 spiro atoms. The first-order valence-electron chi connectivity index (χ1n) is 6.10. The third-order valence-electron chi connectivity index (χ3n) is 3.22. The van der Waals surface area contributed by atoms with Gasteiger partial charge in [-0.25, -0.2) is 0 Å². The summed E-state index contributed by atoms with van der Waals surface area (Å²) in [6, 6.07) is 0. The number of hydrogen-bond donors (Lipinski definition) is 2. The molecule has 0 heterocycles. The van der Waals surface area contributed by atoms with E-state index in [0.717, 1.165) is 19.3 Å². The SMILES string of the molecule is COCCC(CO)(CCO)CCC(C)(C)C. The maximum atomic E-state index is 9.56. The van der Waals surface area contributed by atoms with Gasteiger partial charge in [-0.15, -0.1) is 0 Å². The number of aliphatic hydroxyl groups is 2. The van der Waals surface area contributed by atoms with Crippen molar-refractivity contribution in [1.29, 1.82) is 0 Å². The highest BCUT2D eigenvalue weighted by atomic mass is 16.5. The van der Waals surface area contributed by atoms with Gasteiger partial charge in [-0.3, -0.25) is 0 Å². The van der Waals surface area contributed by atoms with Crippen molar-refractivity contribution < 1.29 is 14.9 Å². The minimum absolute atomic E-state index is 0.132. The summed E-state index contributed by atoms with van der Waals surface area (Å²) in [5.41, 5.74) is 0.0982. The fourth-order valence-electron chi connectivity index (χ4n) is 1.81. The molecule has 0 saturated carbocycles. The molecule has 98 valence electrons. The second-order valence-corrected chi connectivity index (χ2v) is 5.94. The molecule has 0 amide bonds. The lowest BCUT2D eigenvalue weighted by Gasteiger charge is -2.34. The molecule has 3 heteroatoms. The number of methoxy groups -OCH3 is 1. The van der Waals surface area contributed by atoms with Crippen LogP contribution in [0.3, 0.4) is 0 Å². The minimum Gasteiger partial charge on any atom is -0.396 e. The third kappa shape index (κ3) is 6.46. The van der Waals surface area contributed by atoms with Crippen LogP contribution in [0.5, 0.6) is 0 Å². The molecule has 0 fully saturated rings. The smallest absolute Gasteiger partial charge is 0.0489 e. The number of hydrogen-bond acceptors (Lipinski definition) is 3. The Morgan fingerprint density at radius 3 is 1.94 bits per heavy atom. The molecule has 2 N–H and O–H groups in total. The zero-order valence-corrected chi connectivity index (χ0v) is 11.3. The number of ether oxygens (including phenoxy) is 1. The fraction of sp³-hybridized carbons (Fsp3) is 1.00. The van der Waals surface area contributed by atoms with Gasteiger partial charge in [0.1, 0.15) is 0 Å². The predicted octanol–water partition coefficient (Wildman–Crippen LogP) is 2.21. The van der Waals surface area contributed by atoms with Crippen molar-refractivity contribution in [2.75, 3.05) is 26.9 Å². The average Bonchev–Trinajstić information content (AvgIpc) is 2.21. The summed E-state index contributed by atoms with van der Waals surface area (Å²) >= 11 is 0. The van der Waals surface area contributed by atoms with Crippen LogP contribution in [-0.2, 0) is 4.74 Å². The number of rotatable bonds is 8. The molecule has 3 nitrogen and oxygen atoms in total. The van der Waals surface area contributed by atoms with Crippen molar-refractivity contribution in [2.24, 2.45) is 10.8 Å². The van der Waals surface area contributed by atoms with Crippen LogP contribution in [0.4, 0.5) is 0 Å². The van der Waals surface area contributed by atoms with E-state index < -0.39 is 0 Å². The van der Waals surface area contributed by atoms with Gasteiger partial charge in [-0.1, -0.05) is 20.8 Å². The van der Waals surface area contributed by atoms with Crippen molar-refractivity contribution >= 4 is 0 Å². The van der Waals surface area contributed by atoms with E-state index in [0.29, 0.717) is 13.0 Å². The summed E-state index contributed by atoms with van der Waals surface area (Å²) in [6.07, 6.45) is 3.47. The third-order valence-corrected chi connectivity index (χ3v) is 3.22. The van der Waals surface area contributed by atoms with Gasteiger partial charge in [-0.2, -0.15) is 0 Å². The largest absolute Gasteiger partial charge is 0.396 e. The Balaban J connectivity index is 4.37. The molecule has 0 aromatic heterocycles. The summed E-state index contributed by atoms with van der Waals surface area (Å²) in [5.74, 6) is 0. The topological polar surface area (TPSA) is 49.7 Å². The van der Waals surface area contributed by atoms with Gasteiger partial charge in [0, 0.05) is 26.9 Å². The summed E-state index contributed by atoms with van der Waals surface area (Å²) < 4.78 is 5.08. The van der Waals surface area contributed by atoms with Crippen LogP contribution in [0, 0.1) is 10.8 Å². The van der Waals surface area contributed by atoms with Crippen molar-refractivity contribution in [3.8, 4) is 0 Å². The average molecular weight is 232 g/mol. The van der Waals surface area contributed by atoms with Gasteiger partial charge in [0.2, 0.25) is 0 Å². The minimum atomic E-state index is -0.169. The van der Waals surface area contributed by atoms with Gasteiger partial charge in [-0.05, 0) is 36.5 Å². The Kier molecular flexibility index (Phi) is 7.20. The van der Waals surface area contributed by atoms with Crippen molar-refractivity contribution in [3.63, 3.8) is 0 Å². The summed E-state index contributed by atoms with van der Waals surface area (Å²) in [7, 11) is 1.67. The zero-order chi connectivity index (χ0) is 12.7. The molecule has 0 aliphatic carbocycles. The van der Waals surface area contributed by atoms with Crippen LogP contribution in [-0.4, -0.2) is 37.1 Å². The van der Waals surface area contributed by atoms with Crippen LogP contribution >= 0.6 is 0 Å². The van der Waals surface area contributed by atoms with E-state index in [4.69, 9.17) is 9.84 Å². The molecular formula is C13H28O3. The molecule has 0 rings (SSSR count). The molecule has 16 heavy (non-hydrogen) atoms. The van der Waals surface area contributed by atoms with Crippen LogP contribution in [0.1, 0.15) is 46.5 Å². The molecule has 0 aromatic rings. The Morgan fingerprint density at radius 2 is 1.56 bits per heavy atom. The molecule has 0 bridgehead atoms. The Morgan fingerprint density at radius 1 is 0.938 bits per heavy atom. The van der Waals surface area contributed by atoms with Gasteiger partial charge in [0.05, 0.1) is 0 Å². The zero-order valence-electron chi connectivity index (χ0n) is 11.3. The normalized spacial score (nSPS) is 16.1. The van der Waals surface area contributed by atoms with E-state index in [1.54, 1.807) is 7.11 Å². The highest BCUT2D eigenvalue weighted by Crippen LogP contribution is 2.36. The first kappa shape index (κ1) is 15.9. The second kappa shape index (κ2) is 7.25. The predicted molar refractivity (Wildman–Crippen MR) is 66.4 cm³/mol. The van der Waals surface area contributed by atoms with Gasteiger partial charge >= 0.3 is 0 Å². The lowest BCUT2D eigenvalue weighted by atomic mass is 9.74. The second-order valence-electron chi connectivity index (χ2n) is 5.94. The monoisotopic (exact) mass is 232 g/mol. The van der Waals surface area contributed by atoms with E-state index in [1.807, 2.05) is 0 Å². The molecule has 0 radical (unpaired) electrons. The van der Waals surface area contributed by atoms with Crippen LogP contribution < -0.4 is 0 Å². The molecule has 0 aliphatic heterocycles. The molecular weight excluding hydrogens is 204 g/mol. The van der Waals surface area contributed by atoms with Crippen LogP contribution in [0.25, 0.3) is 0 Å². The first-order valence-corrected chi connectivity index (χ1v) is 6.10. The van der Waals surface area contributed by atoms with Crippen molar-refractivity contribution in [1.82, 2.24) is 0 Å². The molecule has 1 unspecified atom stereocenters. The van der Waals surface area contributed by atoms with Crippen molar-refractivity contribution in [2.45, 2.75) is 46.5 Å². The highest BCUT2D eigenvalue weighted by molar-refractivity contribution is 4.80. The molecule has 0 aromatic carbocycles. The standard InChI is InChI=1S/C13H28O3/c1-12(2,3)5-6-13(11-15,7-9-14)8-10-16-4/h14-15H,5-11H2,1-4H3. The quantitative estimate of drug-likeness (QED) is 0.674. The van der Waals surface area contributed by atoms with E-state index in [9.17, 15) is 5.11 Å². The van der Waals surface area contributed by atoms with E-state index in [2.05, 4.69) is 20.8 Å². The van der Waals surface area contributed by atoms with Gasteiger partial charge in [0.15, 0.2) is 0 Å². The van der Waals surface area contributed by atoms with E-state index in [-0.39, 0.29) is 24.0 Å². The Bertz CT molecular complexity index is 175. The summed E-state index contributed by atoms with van der Waals surface area (Å²) in [5, 5.41) is 18.7.